The molecule has 0 aliphatic heterocycles. The van der Waals surface area contributed by atoms with Crippen molar-refractivity contribution in [2.24, 2.45) is 0 Å². The molecule has 0 radical (unpaired) electrons. The highest BCUT2D eigenvalue weighted by molar-refractivity contribution is 6.30. The second-order valence-electron chi connectivity index (χ2n) is 3.63. The van der Waals surface area contributed by atoms with E-state index < -0.39 is 5.97 Å². The average molecular weight is 264 g/mol. The smallest absolute Gasteiger partial charge is 0.337 e. The van der Waals surface area contributed by atoms with E-state index in [1.807, 2.05) is 0 Å². The van der Waals surface area contributed by atoms with Crippen LogP contribution in [0.1, 0.15) is 15.9 Å². The fourth-order valence-corrected chi connectivity index (χ4v) is 1.59. The number of rotatable bonds is 4. The van der Waals surface area contributed by atoms with Gasteiger partial charge in [0, 0.05) is 23.0 Å². The van der Waals surface area contributed by atoms with E-state index in [9.17, 15) is 4.79 Å². The van der Waals surface area contributed by atoms with Crippen molar-refractivity contribution in [2.75, 3.05) is 0 Å². The minimum Gasteiger partial charge on any atom is -0.489 e. The van der Waals surface area contributed by atoms with E-state index in [1.54, 1.807) is 30.5 Å². The number of aromatic carboxylic acids is 1. The molecule has 92 valence electrons. The molecule has 0 spiro atoms. The summed E-state index contributed by atoms with van der Waals surface area (Å²) in [7, 11) is 0. The largest absolute Gasteiger partial charge is 0.489 e. The van der Waals surface area contributed by atoms with Crippen molar-refractivity contribution in [3.05, 3.63) is 58.9 Å². The van der Waals surface area contributed by atoms with Crippen LogP contribution >= 0.6 is 11.6 Å². The van der Waals surface area contributed by atoms with Gasteiger partial charge in [0.1, 0.15) is 12.4 Å². The van der Waals surface area contributed by atoms with E-state index in [0.717, 1.165) is 0 Å². The van der Waals surface area contributed by atoms with E-state index in [2.05, 4.69) is 4.98 Å². The monoisotopic (exact) mass is 263 g/mol. The lowest BCUT2D eigenvalue weighted by Gasteiger charge is -2.06. The van der Waals surface area contributed by atoms with Crippen molar-refractivity contribution in [3.63, 3.8) is 0 Å². The van der Waals surface area contributed by atoms with Crippen molar-refractivity contribution < 1.29 is 14.6 Å². The van der Waals surface area contributed by atoms with Gasteiger partial charge >= 0.3 is 5.97 Å². The number of benzene rings is 1. The van der Waals surface area contributed by atoms with Gasteiger partial charge in [-0.15, -0.1) is 0 Å². The maximum absolute atomic E-state index is 10.8. The molecule has 0 saturated heterocycles. The molecule has 1 aromatic carbocycles. The first-order valence-electron chi connectivity index (χ1n) is 5.21. The van der Waals surface area contributed by atoms with Crippen LogP contribution in [-0.2, 0) is 6.61 Å². The molecule has 1 aromatic heterocycles. The second kappa shape index (κ2) is 5.51. The Labute approximate surface area is 109 Å². The summed E-state index contributed by atoms with van der Waals surface area (Å²) in [5, 5.41) is 9.42. The predicted octanol–water partition coefficient (Wildman–Crippen LogP) is 3.01. The molecule has 0 aliphatic rings. The van der Waals surface area contributed by atoms with Crippen molar-refractivity contribution in [1.29, 1.82) is 0 Å². The Bertz CT molecular complexity index is 572. The summed E-state index contributed by atoms with van der Waals surface area (Å²) in [4.78, 5) is 14.6. The molecule has 0 amide bonds. The third-order valence-corrected chi connectivity index (χ3v) is 2.48. The number of ether oxygens (including phenoxy) is 1. The lowest BCUT2D eigenvalue weighted by Crippen LogP contribution is -2.01. The first-order valence-corrected chi connectivity index (χ1v) is 5.58. The quantitative estimate of drug-likeness (QED) is 0.921. The number of carboxylic acid groups (broad SMARTS) is 1. The summed E-state index contributed by atoms with van der Waals surface area (Å²) in [6.45, 7) is 0.245. The Kier molecular flexibility index (Phi) is 3.79. The lowest BCUT2D eigenvalue weighted by atomic mass is 10.2. The molecular formula is C13H10ClNO3. The highest BCUT2D eigenvalue weighted by atomic mass is 35.5. The minimum atomic E-state index is -1.01. The lowest BCUT2D eigenvalue weighted by molar-refractivity contribution is 0.0696. The molecule has 1 N–H and O–H groups in total. The van der Waals surface area contributed by atoms with Crippen LogP contribution in [0.4, 0.5) is 0 Å². The van der Waals surface area contributed by atoms with Crippen molar-refractivity contribution >= 4 is 17.6 Å². The van der Waals surface area contributed by atoms with Gasteiger partial charge in [0.15, 0.2) is 0 Å². The van der Waals surface area contributed by atoms with Crippen LogP contribution in [0.25, 0.3) is 0 Å². The number of halogens is 1. The van der Waals surface area contributed by atoms with Gasteiger partial charge < -0.3 is 9.84 Å². The summed E-state index contributed by atoms with van der Waals surface area (Å²) in [6, 6.07) is 8.53. The standard InChI is InChI=1S/C13H10ClNO3/c14-11-2-1-3-12(5-11)18-8-9-4-10(13(16)17)7-15-6-9/h1-7H,8H2,(H,16,17). The number of hydrogen-bond donors (Lipinski definition) is 1. The number of pyridine rings is 1. The number of nitrogens with zero attached hydrogens (tertiary/aromatic N) is 1. The average Bonchev–Trinajstić information content (AvgIpc) is 2.37. The van der Waals surface area contributed by atoms with Crippen molar-refractivity contribution in [2.45, 2.75) is 6.61 Å². The molecular weight excluding hydrogens is 254 g/mol. The number of hydrogen-bond acceptors (Lipinski definition) is 3. The van der Waals surface area contributed by atoms with Gasteiger partial charge in [-0.1, -0.05) is 17.7 Å². The zero-order valence-electron chi connectivity index (χ0n) is 9.34. The first kappa shape index (κ1) is 12.4. The van der Waals surface area contributed by atoms with E-state index in [0.29, 0.717) is 16.3 Å². The Morgan fingerprint density at radius 2 is 2.17 bits per heavy atom. The Morgan fingerprint density at radius 3 is 2.89 bits per heavy atom. The van der Waals surface area contributed by atoms with Crippen molar-refractivity contribution in [1.82, 2.24) is 4.98 Å². The topological polar surface area (TPSA) is 59.4 Å². The Morgan fingerprint density at radius 1 is 1.33 bits per heavy atom. The molecule has 1 heterocycles. The Hall–Kier alpha value is -2.07. The van der Waals surface area contributed by atoms with E-state index in [1.165, 1.54) is 12.3 Å². The van der Waals surface area contributed by atoms with E-state index in [-0.39, 0.29) is 12.2 Å². The molecule has 0 saturated carbocycles. The van der Waals surface area contributed by atoms with Gasteiger partial charge in [0.05, 0.1) is 5.56 Å². The van der Waals surface area contributed by atoms with E-state index in [4.69, 9.17) is 21.4 Å². The predicted molar refractivity (Wildman–Crippen MR) is 67.0 cm³/mol. The van der Waals surface area contributed by atoms with Gasteiger partial charge in [-0.2, -0.15) is 0 Å². The van der Waals surface area contributed by atoms with Gasteiger partial charge in [-0.25, -0.2) is 4.79 Å². The summed E-state index contributed by atoms with van der Waals surface area (Å²) in [6.07, 6.45) is 2.86. The highest BCUT2D eigenvalue weighted by Crippen LogP contribution is 2.18. The molecule has 4 nitrogen and oxygen atoms in total. The molecule has 2 aromatic rings. The fraction of sp³-hybridized carbons (Fsp3) is 0.0769. The van der Waals surface area contributed by atoms with E-state index >= 15 is 0 Å². The third kappa shape index (κ3) is 3.21. The van der Waals surface area contributed by atoms with Crippen LogP contribution in [0, 0.1) is 0 Å². The van der Waals surface area contributed by atoms with Gasteiger partial charge in [0.25, 0.3) is 0 Å². The molecule has 0 fully saturated rings. The summed E-state index contributed by atoms with van der Waals surface area (Å²) < 4.78 is 5.49. The van der Waals surface area contributed by atoms with Crippen LogP contribution in [0.5, 0.6) is 5.75 Å². The first-order chi connectivity index (χ1) is 8.65. The fourth-order valence-electron chi connectivity index (χ4n) is 1.41. The van der Waals surface area contributed by atoms with Gasteiger partial charge in [0.2, 0.25) is 0 Å². The van der Waals surface area contributed by atoms with Crippen LogP contribution in [-0.4, -0.2) is 16.1 Å². The third-order valence-electron chi connectivity index (χ3n) is 2.24. The molecule has 0 atom stereocenters. The normalized spacial score (nSPS) is 10.1. The second-order valence-corrected chi connectivity index (χ2v) is 4.07. The Balaban J connectivity index is 2.06. The van der Waals surface area contributed by atoms with Crippen LogP contribution in [0.3, 0.4) is 0 Å². The van der Waals surface area contributed by atoms with Crippen LogP contribution < -0.4 is 4.74 Å². The molecule has 0 unspecified atom stereocenters. The van der Waals surface area contributed by atoms with Crippen molar-refractivity contribution in [3.8, 4) is 5.75 Å². The van der Waals surface area contributed by atoms with Gasteiger partial charge in [-0.05, 0) is 24.3 Å². The summed E-state index contributed by atoms with van der Waals surface area (Å²) >= 11 is 5.82. The number of carboxylic acids is 1. The molecule has 0 bridgehead atoms. The summed E-state index contributed by atoms with van der Waals surface area (Å²) in [5.41, 5.74) is 0.831. The van der Waals surface area contributed by atoms with Crippen LogP contribution in [0.15, 0.2) is 42.7 Å². The minimum absolute atomic E-state index is 0.141. The maximum Gasteiger partial charge on any atom is 0.337 e. The molecule has 0 aliphatic carbocycles. The molecule has 18 heavy (non-hydrogen) atoms. The SMILES string of the molecule is O=C(O)c1cncc(COc2cccc(Cl)c2)c1. The number of carbonyl (C=O) groups is 1. The molecule has 5 heteroatoms. The maximum atomic E-state index is 10.8. The van der Waals surface area contributed by atoms with Gasteiger partial charge in [-0.3, -0.25) is 4.98 Å². The number of aromatic nitrogens is 1. The van der Waals surface area contributed by atoms with Crippen LogP contribution in [0.2, 0.25) is 5.02 Å². The highest BCUT2D eigenvalue weighted by Gasteiger charge is 2.04. The zero-order chi connectivity index (χ0) is 13.0. The summed E-state index contributed by atoms with van der Waals surface area (Å²) in [5.74, 6) is -0.379. The zero-order valence-corrected chi connectivity index (χ0v) is 10.1. The molecule has 2 rings (SSSR count).